The monoisotopic (exact) mass is 265 g/mol. The van der Waals surface area contributed by atoms with Gasteiger partial charge in [-0.3, -0.25) is 4.79 Å². The molecule has 1 unspecified atom stereocenters. The van der Waals surface area contributed by atoms with Crippen LogP contribution < -0.4 is 5.32 Å². The molecule has 1 saturated heterocycles. The van der Waals surface area contributed by atoms with Gasteiger partial charge in [0.1, 0.15) is 0 Å². The van der Waals surface area contributed by atoms with Crippen LogP contribution in [0.4, 0.5) is 0 Å². The topological polar surface area (TPSA) is 29.1 Å². The molecule has 0 aromatic heterocycles. The smallest absolute Gasteiger partial charge is 0.236 e. The third-order valence-electron chi connectivity index (χ3n) is 2.12. The van der Waals surface area contributed by atoms with E-state index in [1.54, 1.807) is 0 Å². The lowest BCUT2D eigenvalue weighted by Gasteiger charge is -2.17. The van der Waals surface area contributed by atoms with E-state index in [-0.39, 0.29) is 5.91 Å². The molecule has 0 aliphatic carbocycles. The molecule has 1 aliphatic rings. The minimum absolute atomic E-state index is 0.0874. The first-order valence-corrected chi connectivity index (χ1v) is 6.50. The van der Waals surface area contributed by atoms with E-state index in [2.05, 4.69) is 21.2 Å². The fourth-order valence-corrected chi connectivity index (χ4v) is 2.62. The fourth-order valence-electron chi connectivity index (χ4n) is 1.19. The van der Waals surface area contributed by atoms with Crippen LogP contribution in [-0.4, -0.2) is 28.3 Å². The molecule has 13 heavy (non-hydrogen) atoms. The summed E-state index contributed by atoms with van der Waals surface area (Å²) in [5.74, 6) is 3.22. The van der Waals surface area contributed by atoms with Crippen molar-refractivity contribution in [3.05, 3.63) is 0 Å². The van der Waals surface area contributed by atoms with E-state index in [9.17, 15) is 4.79 Å². The van der Waals surface area contributed by atoms with Gasteiger partial charge in [0, 0.05) is 6.54 Å². The lowest BCUT2D eigenvalue weighted by molar-refractivity contribution is -0.122. The molecule has 0 aromatic rings. The molecule has 1 amide bonds. The first-order valence-electron chi connectivity index (χ1n) is 4.55. The maximum atomic E-state index is 11.5. The molecule has 76 valence electrons. The van der Waals surface area contributed by atoms with Crippen LogP contribution in [0.2, 0.25) is 0 Å². The minimum Gasteiger partial charge on any atom is -0.355 e. The summed E-state index contributed by atoms with van der Waals surface area (Å²) >= 11 is 5.31. The van der Waals surface area contributed by atoms with Gasteiger partial charge in [-0.15, -0.1) is 0 Å². The van der Waals surface area contributed by atoms with E-state index in [0.29, 0.717) is 5.92 Å². The molecule has 1 heterocycles. The standard InChI is InChI=1S/C9H16BrNOS/c1-9(2,10)8(12)11-5-7-3-4-13-6-7/h7H,3-6H2,1-2H3,(H,11,12). The lowest BCUT2D eigenvalue weighted by atomic mass is 10.1. The molecule has 0 aromatic carbocycles. The van der Waals surface area contributed by atoms with Crippen molar-refractivity contribution in [2.24, 2.45) is 5.92 Å². The van der Waals surface area contributed by atoms with E-state index in [0.717, 1.165) is 6.54 Å². The van der Waals surface area contributed by atoms with Gasteiger partial charge in [0.05, 0.1) is 4.32 Å². The van der Waals surface area contributed by atoms with Crippen molar-refractivity contribution in [3.63, 3.8) is 0 Å². The van der Waals surface area contributed by atoms with Crippen LogP contribution in [0, 0.1) is 5.92 Å². The van der Waals surface area contributed by atoms with Gasteiger partial charge in [-0.1, -0.05) is 15.9 Å². The first kappa shape index (κ1) is 11.4. The van der Waals surface area contributed by atoms with Crippen LogP contribution >= 0.6 is 27.7 Å². The zero-order valence-corrected chi connectivity index (χ0v) is 10.5. The number of alkyl halides is 1. The molecular weight excluding hydrogens is 250 g/mol. The molecule has 1 N–H and O–H groups in total. The van der Waals surface area contributed by atoms with Crippen molar-refractivity contribution in [2.45, 2.75) is 24.6 Å². The maximum Gasteiger partial charge on any atom is 0.236 e. The second-order valence-electron chi connectivity index (χ2n) is 3.91. The molecule has 1 fully saturated rings. The summed E-state index contributed by atoms with van der Waals surface area (Å²) in [6, 6.07) is 0. The number of nitrogens with one attached hydrogen (secondary N) is 1. The number of hydrogen-bond donors (Lipinski definition) is 1. The highest BCUT2D eigenvalue weighted by atomic mass is 79.9. The van der Waals surface area contributed by atoms with Gasteiger partial charge in [0.25, 0.3) is 0 Å². The van der Waals surface area contributed by atoms with Gasteiger partial charge in [-0.2, -0.15) is 11.8 Å². The van der Waals surface area contributed by atoms with Crippen molar-refractivity contribution in [1.82, 2.24) is 5.32 Å². The largest absolute Gasteiger partial charge is 0.355 e. The molecule has 0 saturated carbocycles. The van der Waals surface area contributed by atoms with Crippen molar-refractivity contribution >= 4 is 33.6 Å². The number of thioether (sulfide) groups is 1. The van der Waals surface area contributed by atoms with Gasteiger partial charge in [-0.25, -0.2) is 0 Å². The fraction of sp³-hybridized carbons (Fsp3) is 0.889. The summed E-state index contributed by atoms with van der Waals surface area (Å²) in [5, 5.41) is 2.97. The Morgan fingerprint density at radius 3 is 2.85 bits per heavy atom. The second kappa shape index (κ2) is 4.69. The molecule has 0 spiro atoms. The van der Waals surface area contributed by atoms with Gasteiger partial charge in [0.15, 0.2) is 0 Å². The third kappa shape index (κ3) is 3.90. The predicted molar refractivity (Wildman–Crippen MR) is 61.4 cm³/mol. The van der Waals surface area contributed by atoms with Gasteiger partial charge >= 0.3 is 0 Å². The van der Waals surface area contributed by atoms with Gasteiger partial charge in [-0.05, 0) is 37.7 Å². The second-order valence-corrected chi connectivity index (χ2v) is 7.04. The summed E-state index contributed by atoms with van der Waals surface area (Å²) in [6.07, 6.45) is 1.24. The van der Waals surface area contributed by atoms with Crippen LogP contribution in [0.25, 0.3) is 0 Å². The first-order chi connectivity index (χ1) is 6.00. The highest BCUT2D eigenvalue weighted by molar-refractivity contribution is 9.10. The number of halogens is 1. The van der Waals surface area contributed by atoms with Crippen LogP contribution in [-0.2, 0) is 4.79 Å². The molecule has 0 bridgehead atoms. The minimum atomic E-state index is -0.432. The molecule has 4 heteroatoms. The number of carbonyl (C=O) groups excluding carboxylic acids is 1. The highest BCUT2D eigenvalue weighted by Crippen LogP contribution is 2.23. The van der Waals surface area contributed by atoms with Crippen LogP contribution in [0.5, 0.6) is 0 Å². The highest BCUT2D eigenvalue weighted by Gasteiger charge is 2.24. The molecule has 1 rings (SSSR count). The van der Waals surface area contributed by atoms with Crippen molar-refractivity contribution in [1.29, 1.82) is 0 Å². The van der Waals surface area contributed by atoms with Crippen LogP contribution in [0.3, 0.4) is 0 Å². The van der Waals surface area contributed by atoms with E-state index in [4.69, 9.17) is 0 Å². The van der Waals surface area contributed by atoms with E-state index >= 15 is 0 Å². The normalized spacial score (nSPS) is 23.2. The van der Waals surface area contributed by atoms with Crippen molar-refractivity contribution in [3.8, 4) is 0 Å². The molecular formula is C9H16BrNOS. The summed E-state index contributed by atoms with van der Waals surface area (Å²) in [7, 11) is 0. The zero-order valence-electron chi connectivity index (χ0n) is 8.10. The molecule has 1 aliphatic heterocycles. The number of amides is 1. The van der Waals surface area contributed by atoms with E-state index in [1.165, 1.54) is 17.9 Å². The average Bonchev–Trinajstić information content (AvgIpc) is 2.50. The predicted octanol–water partition coefficient (Wildman–Crippen LogP) is 2.03. The summed E-state index contributed by atoms with van der Waals surface area (Å²) < 4.78 is -0.432. The van der Waals surface area contributed by atoms with Crippen molar-refractivity contribution in [2.75, 3.05) is 18.1 Å². The SMILES string of the molecule is CC(C)(Br)C(=O)NCC1CCSC1. The van der Waals surface area contributed by atoms with E-state index < -0.39 is 4.32 Å². The molecule has 2 nitrogen and oxygen atoms in total. The summed E-state index contributed by atoms with van der Waals surface area (Å²) in [6.45, 7) is 4.57. The Bertz CT molecular complexity index is 185. The summed E-state index contributed by atoms with van der Waals surface area (Å²) in [4.78, 5) is 11.5. The van der Waals surface area contributed by atoms with Crippen molar-refractivity contribution < 1.29 is 4.79 Å². The quantitative estimate of drug-likeness (QED) is 0.792. The Morgan fingerprint density at radius 1 is 1.69 bits per heavy atom. The van der Waals surface area contributed by atoms with Gasteiger partial charge < -0.3 is 5.32 Å². The Morgan fingerprint density at radius 2 is 2.38 bits per heavy atom. The molecule has 0 radical (unpaired) electrons. The Labute approximate surface area is 92.4 Å². The lowest BCUT2D eigenvalue weighted by Crippen LogP contribution is -2.40. The zero-order chi connectivity index (χ0) is 9.90. The Hall–Kier alpha value is 0.300. The Kier molecular flexibility index (Phi) is 4.10. The average molecular weight is 266 g/mol. The number of hydrogen-bond acceptors (Lipinski definition) is 2. The van der Waals surface area contributed by atoms with Crippen LogP contribution in [0.1, 0.15) is 20.3 Å². The summed E-state index contributed by atoms with van der Waals surface area (Å²) in [5.41, 5.74) is 0. The van der Waals surface area contributed by atoms with Gasteiger partial charge in [0.2, 0.25) is 5.91 Å². The maximum absolute atomic E-state index is 11.5. The Balaban J connectivity index is 2.22. The van der Waals surface area contributed by atoms with Crippen LogP contribution in [0.15, 0.2) is 0 Å². The third-order valence-corrected chi connectivity index (χ3v) is 3.71. The van der Waals surface area contributed by atoms with E-state index in [1.807, 2.05) is 25.6 Å². The molecule has 1 atom stereocenters. The number of rotatable bonds is 3. The number of carbonyl (C=O) groups is 1.